The maximum absolute atomic E-state index is 13.5. The SMILES string of the molecule is CC(C)(C)OC(=O)N[C@@H](COC(C)(C)C(F)(F)F)c1nc2ccc(Br)cc2n1COCC[Si](C)(C)C. The van der Waals surface area contributed by atoms with Gasteiger partial charge in [0.2, 0.25) is 0 Å². The molecular weight excluding hydrogens is 559 g/mol. The van der Waals surface area contributed by atoms with E-state index in [9.17, 15) is 18.0 Å². The van der Waals surface area contributed by atoms with Gasteiger partial charge in [-0.05, 0) is 58.9 Å². The number of nitrogens with one attached hydrogen (secondary N) is 1. The fourth-order valence-corrected chi connectivity index (χ4v) is 4.16. The number of carbonyl (C=O) groups is 1. The maximum atomic E-state index is 13.5. The molecule has 0 fully saturated rings. The van der Waals surface area contributed by atoms with Crippen molar-refractivity contribution in [1.29, 1.82) is 0 Å². The van der Waals surface area contributed by atoms with Crippen LogP contribution in [0.15, 0.2) is 22.7 Å². The van der Waals surface area contributed by atoms with E-state index in [1.54, 1.807) is 31.4 Å². The standard InChI is InChI=1S/C24H37BrF3N3O4Si/c1-22(2,3)35-21(32)30-18(14-34-23(4,5)24(26,27)28)20-29-17-10-9-16(25)13-19(17)31(20)15-33-11-12-36(6,7)8/h9-10,13,18H,11-12,14-15H2,1-8H3,(H,30,32)/t18-/m0/s1. The highest BCUT2D eigenvalue weighted by molar-refractivity contribution is 9.10. The first-order valence-electron chi connectivity index (χ1n) is 11.7. The van der Waals surface area contributed by atoms with Crippen LogP contribution < -0.4 is 5.32 Å². The number of hydrogen-bond donors (Lipinski definition) is 1. The molecule has 0 aliphatic carbocycles. The molecule has 1 N–H and O–H groups in total. The van der Waals surface area contributed by atoms with Gasteiger partial charge in [0.1, 0.15) is 24.2 Å². The fraction of sp³-hybridized carbons (Fsp3) is 0.667. The van der Waals surface area contributed by atoms with Crippen molar-refractivity contribution >= 4 is 41.1 Å². The molecule has 1 aromatic carbocycles. The zero-order valence-electron chi connectivity index (χ0n) is 22.2. The summed E-state index contributed by atoms with van der Waals surface area (Å²) in [4.78, 5) is 17.3. The molecule has 1 amide bonds. The number of imidazole rings is 1. The van der Waals surface area contributed by atoms with Crippen molar-refractivity contribution in [3.05, 3.63) is 28.5 Å². The van der Waals surface area contributed by atoms with Crippen LogP contribution in [0.4, 0.5) is 18.0 Å². The van der Waals surface area contributed by atoms with Crippen molar-refractivity contribution in [2.24, 2.45) is 0 Å². The normalized spacial score (nSPS) is 14.2. The molecule has 1 atom stereocenters. The Hall–Kier alpha value is -1.63. The van der Waals surface area contributed by atoms with Crippen LogP contribution in [0.25, 0.3) is 11.0 Å². The third-order valence-electron chi connectivity index (χ3n) is 5.25. The third-order valence-corrected chi connectivity index (χ3v) is 7.45. The second-order valence-corrected chi connectivity index (χ2v) is 17.9. The number of rotatable bonds is 10. The summed E-state index contributed by atoms with van der Waals surface area (Å²) in [6, 6.07) is 5.36. The topological polar surface area (TPSA) is 74.6 Å². The quantitative estimate of drug-likeness (QED) is 0.235. The Morgan fingerprint density at radius 1 is 1.17 bits per heavy atom. The number of benzene rings is 1. The van der Waals surface area contributed by atoms with Gasteiger partial charge in [-0.1, -0.05) is 35.6 Å². The first-order chi connectivity index (χ1) is 16.3. The Morgan fingerprint density at radius 2 is 1.81 bits per heavy atom. The lowest BCUT2D eigenvalue weighted by Gasteiger charge is -2.30. The zero-order valence-corrected chi connectivity index (χ0v) is 24.8. The van der Waals surface area contributed by atoms with Gasteiger partial charge < -0.3 is 24.1 Å². The summed E-state index contributed by atoms with van der Waals surface area (Å²) in [6.07, 6.45) is -5.39. The largest absolute Gasteiger partial charge is 0.444 e. The second kappa shape index (κ2) is 11.4. The maximum Gasteiger partial charge on any atom is 0.416 e. The monoisotopic (exact) mass is 595 g/mol. The number of halogens is 4. The number of amides is 1. The Labute approximate surface area is 220 Å². The molecule has 0 saturated heterocycles. The van der Waals surface area contributed by atoms with Gasteiger partial charge >= 0.3 is 12.3 Å². The van der Waals surface area contributed by atoms with E-state index in [0.717, 1.165) is 24.4 Å². The summed E-state index contributed by atoms with van der Waals surface area (Å²) < 4.78 is 59.6. The van der Waals surface area contributed by atoms with E-state index >= 15 is 0 Å². The average Bonchev–Trinajstić information content (AvgIpc) is 3.03. The molecule has 0 unspecified atom stereocenters. The molecule has 2 aromatic rings. The minimum atomic E-state index is -4.60. The van der Waals surface area contributed by atoms with Crippen LogP contribution in [0, 0.1) is 0 Å². The number of nitrogens with zero attached hydrogens (tertiary/aromatic N) is 2. The Bertz CT molecular complexity index is 1050. The predicted octanol–water partition coefficient (Wildman–Crippen LogP) is 7.03. The van der Waals surface area contributed by atoms with Crippen molar-refractivity contribution in [2.75, 3.05) is 13.2 Å². The van der Waals surface area contributed by atoms with Crippen molar-refractivity contribution in [3.63, 3.8) is 0 Å². The van der Waals surface area contributed by atoms with E-state index in [2.05, 4.69) is 45.9 Å². The molecule has 0 bridgehead atoms. The van der Waals surface area contributed by atoms with Crippen LogP contribution in [0.3, 0.4) is 0 Å². The Balaban J connectivity index is 2.45. The summed E-state index contributed by atoms with van der Waals surface area (Å²) in [5.41, 5.74) is -1.92. The van der Waals surface area contributed by atoms with Gasteiger partial charge in [-0.25, -0.2) is 9.78 Å². The molecule has 0 aliphatic heterocycles. The summed E-state index contributed by atoms with van der Waals surface area (Å²) >= 11 is 3.46. The van der Waals surface area contributed by atoms with Gasteiger partial charge in [0, 0.05) is 19.2 Å². The van der Waals surface area contributed by atoms with Crippen molar-refractivity contribution in [2.45, 2.75) is 90.5 Å². The molecule has 204 valence electrons. The van der Waals surface area contributed by atoms with Crippen LogP contribution in [0.5, 0.6) is 0 Å². The number of hydrogen-bond acceptors (Lipinski definition) is 5. The van der Waals surface area contributed by atoms with E-state index in [1.807, 2.05) is 12.1 Å². The van der Waals surface area contributed by atoms with Gasteiger partial charge in [-0.3, -0.25) is 0 Å². The summed E-state index contributed by atoms with van der Waals surface area (Å²) in [6.45, 7) is 13.9. The second-order valence-electron chi connectivity index (χ2n) is 11.4. The molecule has 1 aromatic heterocycles. The van der Waals surface area contributed by atoms with E-state index in [-0.39, 0.29) is 6.73 Å². The number of fused-ring (bicyclic) bond motifs is 1. The number of alkyl carbamates (subject to hydrolysis) is 1. The predicted molar refractivity (Wildman–Crippen MR) is 140 cm³/mol. The molecule has 2 rings (SSSR count). The molecule has 1 heterocycles. The summed E-state index contributed by atoms with van der Waals surface area (Å²) in [7, 11) is -1.33. The van der Waals surface area contributed by atoms with Crippen molar-refractivity contribution in [1.82, 2.24) is 14.9 Å². The molecule has 7 nitrogen and oxygen atoms in total. The molecule has 0 spiro atoms. The lowest BCUT2D eigenvalue weighted by molar-refractivity contribution is -0.265. The summed E-state index contributed by atoms with van der Waals surface area (Å²) in [5.74, 6) is 0.305. The fourth-order valence-electron chi connectivity index (χ4n) is 3.05. The Morgan fingerprint density at radius 3 is 2.36 bits per heavy atom. The highest BCUT2D eigenvalue weighted by Gasteiger charge is 2.49. The van der Waals surface area contributed by atoms with Gasteiger partial charge in [0.15, 0.2) is 5.60 Å². The van der Waals surface area contributed by atoms with Gasteiger partial charge in [-0.15, -0.1) is 0 Å². The average molecular weight is 597 g/mol. The Kier molecular flexibility index (Phi) is 9.69. The van der Waals surface area contributed by atoms with E-state index in [1.165, 1.54) is 0 Å². The minimum Gasteiger partial charge on any atom is -0.444 e. The number of carbonyl (C=O) groups excluding carboxylic acids is 1. The molecular formula is C24H37BrF3N3O4Si. The van der Waals surface area contributed by atoms with Crippen LogP contribution in [0.2, 0.25) is 25.7 Å². The van der Waals surface area contributed by atoms with Crippen molar-refractivity contribution in [3.8, 4) is 0 Å². The minimum absolute atomic E-state index is 0.113. The smallest absolute Gasteiger partial charge is 0.416 e. The highest BCUT2D eigenvalue weighted by Crippen LogP contribution is 2.34. The highest BCUT2D eigenvalue weighted by atomic mass is 79.9. The summed E-state index contributed by atoms with van der Waals surface area (Å²) in [5, 5.41) is 2.65. The van der Waals surface area contributed by atoms with Crippen LogP contribution >= 0.6 is 15.9 Å². The molecule has 0 saturated carbocycles. The molecule has 12 heteroatoms. The first-order valence-corrected chi connectivity index (χ1v) is 16.2. The first kappa shape index (κ1) is 30.6. The molecule has 0 radical (unpaired) electrons. The van der Waals surface area contributed by atoms with Gasteiger partial charge in [0.05, 0.1) is 17.6 Å². The van der Waals surface area contributed by atoms with Gasteiger partial charge in [0.25, 0.3) is 0 Å². The lowest BCUT2D eigenvalue weighted by Crippen LogP contribution is -2.45. The molecule has 0 aliphatic rings. The van der Waals surface area contributed by atoms with E-state index < -0.39 is 44.2 Å². The van der Waals surface area contributed by atoms with Gasteiger partial charge in [-0.2, -0.15) is 13.2 Å². The number of ether oxygens (including phenoxy) is 3. The zero-order chi connectivity index (χ0) is 27.5. The lowest BCUT2D eigenvalue weighted by atomic mass is 10.1. The third kappa shape index (κ3) is 9.04. The van der Waals surface area contributed by atoms with E-state index in [4.69, 9.17) is 14.2 Å². The molecule has 36 heavy (non-hydrogen) atoms. The number of aromatic nitrogens is 2. The van der Waals surface area contributed by atoms with Crippen LogP contribution in [0.1, 0.15) is 46.5 Å². The number of alkyl halides is 3. The van der Waals surface area contributed by atoms with Crippen molar-refractivity contribution < 1.29 is 32.2 Å². The van der Waals surface area contributed by atoms with Crippen LogP contribution in [-0.4, -0.2) is 54.3 Å². The van der Waals surface area contributed by atoms with Crippen LogP contribution in [-0.2, 0) is 20.9 Å². The van der Waals surface area contributed by atoms with E-state index in [0.29, 0.717) is 23.5 Å².